The molecule has 0 saturated carbocycles. The number of rotatable bonds is 5. The normalized spacial score (nSPS) is 11.1. The van der Waals surface area contributed by atoms with Crippen LogP contribution >= 0.6 is 0 Å². The van der Waals surface area contributed by atoms with E-state index in [1.165, 1.54) is 11.1 Å². The van der Waals surface area contributed by atoms with Crippen molar-refractivity contribution in [2.45, 2.75) is 33.7 Å². The summed E-state index contributed by atoms with van der Waals surface area (Å²) in [5.74, 6) is 0. The fraction of sp³-hybridized carbons (Fsp3) is 0.538. The second-order valence-electron chi connectivity index (χ2n) is 4.72. The van der Waals surface area contributed by atoms with Crippen molar-refractivity contribution < 1.29 is 0 Å². The van der Waals surface area contributed by atoms with E-state index in [9.17, 15) is 0 Å². The van der Waals surface area contributed by atoms with E-state index in [0.717, 1.165) is 19.5 Å². The van der Waals surface area contributed by atoms with E-state index in [1.54, 1.807) is 6.20 Å². The van der Waals surface area contributed by atoms with E-state index >= 15 is 0 Å². The van der Waals surface area contributed by atoms with Crippen LogP contribution in [0.4, 0.5) is 0 Å². The van der Waals surface area contributed by atoms with Gasteiger partial charge in [0.2, 0.25) is 0 Å². The second kappa shape index (κ2) is 5.62. The maximum absolute atomic E-state index is 8.87. The van der Waals surface area contributed by atoms with Crippen LogP contribution in [-0.2, 0) is 6.54 Å². The molecule has 0 radical (unpaired) electrons. The van der Waals surface area contributed by atoms with E-state index in [2.05, 4.69) is 23.3 Å². The Morgan fingerprint density at radius 1 is 1.50 bits per heavy atom. The Bertz CT molecular complexity index is 377. The molecule has 0 aliphatic carbocycles. The molecule has 3 heteroatoms. The smallest absolute Gasteiger partial charge is 0.0684 e. The van der Waals surface area contributed by atoms with Gasteiger partial charge in [-0.3, -0.25) is 4.98 Å². The zero-order valence-electron chi connectivity index (χ0n) is 10.2. The molecule has 0 spiro atoms. The fourth-order valence-corrected chi connectivity index (χ4v) is 1.36. The zero-order chi connectivity index (χ0) is 12.0. The second-order valence-corrected chi connectivity index (χ2v) is 4.72. The van der Waals surface area contributed by atoms with Gasteiger partial charge in [-0.2, -0.15) is 5.26 Å². The lowest BCUT2D eigenvalue weighted by molar-refractivity contribution is 0.432. The molecule has 3 nitrogen and oxygen atoms in total. The molecular formula is C13H19N3. The number of nitrogens with one attached hydrogen (secondary N) is 1. The Morgan fingerprint density at radius 3 is 2.88 bits per heavy atom. The van der Waals surface area contributed by atoms with Crippen LogP contribution in [0.15, 0.2) is 18.5 Å². The van der Waals surface area contributed by atoms with E-state index in [4.69, 9.17) is 5.26 Å². The average Bonchev–Trinajstić information content (AvgIpc) is 2.27. The van der Waals surface area contributed by atoms with E-state index < -0.39 is 0 Å². The average molecular weight is 217 g/mol. The number of hydrogen-bond acceptors (Lipinski definition) is 3. The molecule has 0 amide bonds. The SMILES string of the molecule is Cc1ccncc1CNCCC(C)(C)C#N. The first-order chi connectivity index (χ1) is 7.55. The topological polar surface area (TPSA) is 48.7 Å². The first-order valence-electron chi connectivity index (χ1n) is 5.56. The molecule has 0 saturated heterocycles. The summed E-state index contributed by atoms with van der Waals surface area (Å²) in [5, 5.41) is 12.2. The summed E-state index contributed by atoms with van der Waals surface area (Å²) < 4.78 is 0. The lowest BCUT2D eigenvalue weighted by Gasteiger charge is -2.15. The van der Waals surface area contributed by atoms with E-state index in [0.29, 0.717) is 0 Å². The highest BCUT2D eigenvalue weighted by Gasteiger charge is 2.15. The monoisotopic (exact) mass is 217 g/mol. The molecule has 1 rings (SSSR count). The van der Waals surface area contributed by atoms with Gasteiger partial charge in [-0.1, -0.05) is 0 Å². The summed E-state index contributed by atoms with van der Waals surface area (Å²) >= 11 is 0. The summed E-state index contributed by atoms with van der Waals surface area (Å²) in [4.78, 5) is 4.10. The van der Waals surface area contributed by atoms with Crippen LogP contribution in [0.5, 0.6) is 0 Å². The molecule has 0 aromatic carbocycles. The summed E-state index contributed by atoms with van der Waals surface area (Å²) in [6.45, 7) is 7.68. The highest BCUT2D eigenvalue weighted by atomic mass is 14.9. The largest absolute Gasteiger partial charge is 0.313 e. The third kappa shape index (κ3) is 4.00. The van der Waals surface area contributed by atoms with Crippen LogP contribution in [0.3, 0.4) is 0 Å². The molecule has 0 aliphatic rings. The highest BCUT2D eigenvalue weighted by molar-refractivity contribution is 5.20. The van der Waals surface area contributed by atoms with Gasteiger partial charge in [0.05, 0.1) is 11.5 Å². The number of pyridine rings is 1. The zero-order valence-corrected chi connectivity index (χ0v) is 10.2. The molecule has 0 unspecified atom stereocenters. The minimum atomic E-state index is -0.239. The summed E-state index contributed by atoms with van der Waals surface area (Å²) in [7, 11) is 0. The van der Waals surface area contributed by atoms with Gasteiger partial charge in [-0.05, 0) is 50.9 Å². The van der Waals surface area contributed by atoms with Crippen molar-refractivity contribution >= 4 is 0 Å². The number of aryl methyl sites for hydroxylation is 1. The Balaban J connectivity index is 2.33. The van der Waals surface area contributed by atoms with Gasteiger partial charge in [-0.15, -0.1) is 0 Å². The van der Waals surface area contributed by atoms with Crippen molar-refractivity contribution in [2.75, 3.05) is 6.54 Å². The van der Waals surface area contributed by atoms with Crippen molar-refractivity contribution in [2.24, 2.45) is 5.41 Å². The van der Waals surface area contributed by atoms with Crippen LogP contribution in [0.2, 0.25) is 0 Å². The minimum absolute atomic E-state index is 0.239. The Labute approximate surface area is 97.5 Å². The predicted molar refractivity (Wildman–Crippen MR) is 64.7 cm³/mol. The molecule has 0 atom stereocenters. The summed E-state index contributed by atoms with van der Waals surface area (Å²) in [6.07, 6.45) is 4.55. The van der Waals surface area contributed by atoms with Gasteiger partial charge < -0.3 is 5.32 Å². The lowest BCUT2D eigenvalue weighted by atomic mass is 9.91. The van der Waals surface area contributed by atoms with Gasteiger partial charge in [0.25, 0.3) is 0 Å². The van der Waals surface area contributed by atoms with Crippen LogP contribution in [0, 0.1) is 23.7 Å². The predicted octanol–water partition coefficient (Wildman–Crippen LogP) is 2.42. The Hall–Kier alpha value is -1.40. The van der Waals surface area contributed by atoms with Gasteiger partial charge >= 0.3 is 0 Å². The lowest BCUT2D eigenvalue weighted by Crippen LogP contribution is -2.21. The Morgan fingerprint density at radius 2 is 2.25 bits per heavy atom. The van der Waals surface area contributed by atoms with Crippen molar-refractivity contribution in [3.63, 3.8) is 0 Å². The number of nitrogens with zero attached hydrogens (tertiary/aromatic N) is 2. The van der Waals surface area contributed by atoms with Crippen molar-refractivity contribution in [3.8, 4) is 6.07 Å². The number of nitriles is 1. The molecule has 0 fully saturated rings. The molecule has 1 aromatic rings. The van der Waals surface area contributed by atoms with E-state index in [-0.39, 0.29) is 5.41 Å². The molecular weight excluding hydrogens is 198 g/mol. The van der Waals surface area contributed by atoms with Gasteiger partial charge in [0.15, 0.2) is 0 Å². The summed E-state index contributed by atoms with van der Waals surface area (Å²) in [6, 6.07) is 4.31. The first-order valence-corrected chi connectivity index (χ1v) is 5.56. The van der Waals surface area contributed by atoms with Crippen molar-refractivity contribution in [1.82, 2.24) is 10.3 Å². The molecule has 0 aliphatic heterocycles. The molecule has 16 heavy (non-hydrogen) atoms. The third-order valence-electron chi connectivity index (χ3n) is 2.69. The molecule has 0 bridgehead atoms. The Kier molecular flexibility index (Phi) is 4.45. The molecule has 1 N–H and O–H groups in total. The van der Waals surface area contributed by atoms with Gasteiger partial charge in [0.1, 0.15) is 0 Å². The molecule has 86 valence electrons. The maximum Gasteiger partial charge on any atom is 0.0684 e. The summed E-state index contributed by atoms with van der Waals surface area (Å²) in [5.41, 5.74) is 2.23. The third-order valence-corrected chi connectivity index (χ3v) is 2.69. The standard InChI is InChI=1S/C13H19N3/c1-11-4-6-15-8-12(11)9-16-7-5-13(2,3)10-14/h4,6,8,16H,5,7,9H2,1-3H3. The van der Waals surface area contributed by atoms with Crippen molar-refractivity contribution in [1.29, 1.82) is 5.26 Å². The number of aromatic nitrogens is 1. The van der Waals surface area contributed by atoms with Crippen LogP contribution in [0.1, 0.15) is 31.4 Å². The molecule has 1 heterocycles. The fourth-order valence-electron chi connectivity index (χ4n) is 1.36. The highest BCUT2D eigenvalue weighted by Crippen LogP contribution is 2.17. The minimum Gasteiger partial charge on any atom is -0.313 e. The number of hydrogen-bond donors (Lipinski definition) is 1. The van der Waals surface area contributed by atoms with Gasteiger partial charge in [-0.25, -0.2) is 0 Å². The molecule has 1 aromatic heterocycles. The van der Waals surface area contributed by atoms with Crippen molar-refractivity contribution in [3.05, 3.63) is 29.6 Å². The van der Waals surface area contributed by atoms with Crippen LogP contribution in [-0.4, -0.2) is 11.5 Å². The van der Waals surface area contributed by atoms with E-state index in [1.807, 2.05) is 26.1 Å². The first kappa shape index (κ1) is 12.7. The quantitative estimate of drug-likeness (QED) is 0.770. The maximum atomic E-state index is 8.87. The van der Waals surface area contributed by atoms with Crippen LogP contribution < -0.4 is 5.32 Å². The van der Waals surface area contributed by atoms with Crippen LogP contribution in [0.25, 0.3) is 0 Å². The van der Waals surface area contributed by atoms with Gasteiger partial charge in [0, 0.05) is 18.9 Å².